The van der Waals surface area contributed by atoms with Gasteiger partial charge in [0, 0.05) is 16.5 Å². The molecule has 0 radical (unpaired) electrons. The van der Waals surface area contributed by atoms with Crippen LogP contribution >= 0.6 is 27.5 Å². The number of nitrogens with zero attached hydrogens (tertiary/aromatic N) is 1. The molecular formula is C14H12BrClN2O. The van der Waals surface area contributed by atoms with Crippen molar-refractivity contribution in [3.63, 3.8) is 0 Å². The Hall–Kier alpha value is -1.52. The maximum atomic E-state index is 12.5. The molecule has 5 heteroatoms. The van der Waals surface area contributed by atoms with Gasteiger partial charge < -0.3 is 10.6 Å². The highest BCUT2D eigenvalue weighted by atomic mass is 79.9. The number of halogens is 2. The molecule has 0 saturated carbocycles. The van der Waals surface area contributed by atoms with Crippen LogP contribution in [0.25, 0.3) is 0 Å². The summed E-state index contributed by atoms with van der Waals surface area (Å²) in [7, 11) is 1.68. The van der Waals surface area contributed by atoms with Gasteiger partial charge in [0.05, 0.1) is 16.9 Å². The third-order valence-electron chi connectivity index (χ3n) is 2.76. The van der Waals surface area contributed by atoms with Crippen molar-refractivity contribution < 1.29 is 4.79 Å². The molecule has 0 aliphatic rings. The van der Waals surface area contributed by atoms with Crippen molar-refractivity contribution in [2.75, 3.05) is 17.7 Å². The number of hydrogen-bond acceptors (Lipinski definition) is 2. The van der Waals surface area contributed by atoms with E-state index >= 15 is 0 Å². The molecule has 2 N–H and O–H groups in total. The first-order chi connectivity index (χ1) is 9.00. The lowest BCUT2D eigenvalue weighted by atomic mass is 10.2. The number of carbonyl (C=O) groups excluding carboxylic acids is 1. The molecule has 0 aromatic heterocycles. The molecule has 98 valence electrons. The van der Waals surface area contributed by atoms with E-state index in [-0.39, 0.29) is 5.91 Å². The quantitative estimate of drug-likeness (QED) is 0.842. The Labute approximate surface area is 125 Å². The normalized spacial score (nSPS) is 10.3. The van der Waals surface area contributed by atoms with Crippen LogP contribution in [0, 0.1) is 0 Å². The van der Waals surface area contributed by atoms with Crippen molar-refractivity contribution in [1.29, 1.82) is 0 Å². The minimum atomic E-state index is -0.174. The molecule has 19 heavy (non-hydrogen) atoms. The van der Waals surface area contributed by atoms with Gasteiger partial charge in [-0.05, 0) is 46.3 Å². The summed E-state index contributed by atoms with van der Waals surface area (Å²) in [5.41, 5.74) is 7.59. The fourth-order valence-electron chi connectivity index (χ4n) is 1.74. The zero-order valence-electron chi connectivity index (χ0n) is 10.2. The molecule has 0 atom stereocenters. The zero-order chi connectivity index (χ0) is 14.0. The molecule has 0 fully saturated rings. The first kappa shape index (κ1) is 13.9. The molecular weight excluding hydrogens is 328 g/mol. The van der Waals surface area contributed by atoms with Crippen LogP contribution in [0.4, 0.5) is 11.4 Å². The lowest BCUT2D eigenvalue weighted by Crippen LogP contribution is -2.27. The van der Waals surface area contributed by atoms with Crippen molar-refractivity contribution in [3.8, 4) is 0 Å². The van der Waals surface area contributed by atoms with Crippen LogP contribution in [0.15, 0.2) is 46.9 Å². The predicted octanol–water partition coefficient (Wildman–Crippen LogP) is 3.96. The predicted molar refractivity (Wildman–Crippen MR) is 82.7 cm³/mol. The van der Waals surface area contributed by atoms with E-state index in [0.717, 1.165) is 0 Å². The SMILES string of the molecule is CN(C(=O)c1cc(Cl)ccc1Br)c1ccccc1N. The van der Waals surface area contributed by atoms with E-state index in [2.05, 4.69) is 15.9 Å². The van der Waals surface area contributed by atoms with Gasteiger partial charge in [-0.2, -0.15) is 0 Å². The highest BCUT2D eigenvalue weighted by Gasteiger charge is 2.18. The van der Waals surface area contributed by atoms with Crippen LogP contribution in [-0.4, -0.2) is 13.0 Å². The van der Waals surface area contributed by atoms with Crippen LogP contribution in [0.2, 0.25) is 5.02 Å². The average Bonchev–Trinajstić information content (AvgIpc) is 2.40. The summed E-state index contributed by atoms with van der Waals surface area (Å²) in [6.07, 6.45) is 0. The van der Waals surface area contributed by atoms with E-state index in [4.69, 9.17) is 17.3 Å². The van der Waals surface area contributed by atoms with Crippen LogP contribution in [0.3, 0.4) is 0 Å². The summed E-state index contributed by atoms with van der Waals surface area (Å²) in [5.74, 6) is -0.174. The lowest BCUT2D eigenvalue weighted by Gasteiger charge is -2.19. The summed E-state index contributed by atoms with van der Waals surface area (Å²) in [6.45, 7) is 0. The van der Waals surface area contributed by atoms with Gasteiger partial charge in [0.15, 0.2) is 0 Å². The molecule has 0 spiro atoms. The van der Waals surface area contributed by atoms with Gasteiger partial charge in [0.2, 0.25) is 0 Å². The molecule has 3 nitrogen and oxygen atoms in total. The van der Waals surface area contributed by atoms with Crippen LogP contribution in [0.1, 0.15) is 10.4 Å². The second kappa shape index (κ2) is 5.63. The van der Waals surface area contributed by atoms with E-state index in [1.807, 2.05) is 12.1 Å². The second-order valence-electron chi connectivity index (χ2n) is 4.05. The maximum Gasteiger partial charge on any atom is 0.259 e. The maximum absolute atomic E-state index is 12.5. The van der Waals surface area contributed by atoms with Crippen LogP contribution in [-0.2, 0) is 0 Å². The van der Waals surface area contributed by atoms with Gasteiger partial charge in [-0.3, -0.25) is 4.79 Å². The minimum absolute atomic E-state index is 0.174. The van der Waals surface area contributed by atoms with Crippen molar-refractivity contribution >= 4 is 44.8 Å². The molecule has 2 aromatic carbocycles. The Kier molecular flexibility index (Phi) is 4.12. The van der Waals surface area contributed by atoms with Gasteiger partial charge in [-0.1, -0.05) is 23.7 Å². The number of anilines is 2. The van der Waals surface area contributed by atoms with Crippen molar-refractivity contribution in [2.24, 2.45) is 0 Å². The molecule has 0 bridgehead atoms. The second-order valence-corrected chi connectivity index (χ2v) is 5.34. The number of amides is 1. The zero-order valence-corrected chi connectivity index (χ0v) is 12.6. The van der Waals surface area contributed by atoms with E-state index in [0.29, 0.717) is 26.4 Å². The fourth-order valence-corrected chi connectivity index (χ4v) is 2.33. The smallest absolute Gasteiger partial charge is 0.259 e. The largest absolute Gasteiger partial charge is 0.397 e. The van der Waals surface area contributed by atoms with Gasteiger partial charge in [-0.15, -0.1) is 0 Å². The van der Waals surface area contributed by atoms with Gasteiger partial charge in [0.1, 0.15) is 0 Å². The third-order valence-corrected chi connectivity index (χ3v) is 3.69. The first-order valence-electron chi connectivity index (χ1n) is 5.58. The summed E-state index contributed by atoms with van der Waals surface area (Å²) >= 11 is 9.28. The fraction of sp³-hybridized carbons (Fsp3) is 0.0714. The van der Waals surface area contributed by atoms with Gasteiger partial charge >= 0.3 is 0 Å². The Morgan fingerprint density at radius 1 is 1.26 bits per heavy atom. The van der Waals surface area contributed by atoms with Gasteiger partial charge in [0.25, 0.3) is 5.91 Å². The molecule has 2 rings (SSSR count). The highest BCUT2D eigenvalue weighted by molar-refractivity contribution is 9.10. The van der Waals surface area contributed by atoms with E-state index in [9.17, 15) is 4.79 Å². The minimum Gasteiger partial charge on any atom is -0.397 e. The van der Waals surface area contributed by atoms with Gasteiger partial charge in [-0.25, -0.2) is 0 Å². The molecule has 0 unspecified atom stereocenters. The summed E-state index contributed by atoms with van der Waals surface area (Å²) in [6, 6.07) is 12.3. The Morgan fingerprint density at radius 3 is 2.63 bits per heavy atom. The Bertz CT molecular complexity index is 631. The van der Waals surface area contributed by atoms with E-state index in [1.165, 1.54) is 4.90 Å². The topological polar surface area (TPSA) is 46.3 Å². The number of benzene rings is 2. The number of nitrogens with two attached hydrogens (primary N) is 1. The molecule has 2 aromatic rings. The molecule has 0 saturated heterocycles. The van der Waals surface area contributed by atoms with Crippen molar-refractivity contribution in [1.82, 2.24) is 0 Å². The number of para-hydroxylation sites is 2. The number of hydrogen-bond donors (Lipinski definition) is 1. The van der Waals surface area contributed by atoms with Crippen molar-refractivity contribution in [3.05, 3.63) is 57.5 Å². The van der Waals surface area contributed by atoms with Crippen LogP contribution in [0.5, 0.6) is 0 Å². The summed E-state index contributed by atoms with van der Waals surface area (Å²) in [5, 5.41) is 0.515. The molecule has 0 heterocycles. The highest BCUT2D eigenvalue weighted by Crippen LogP contribution is 2.27. The summed E-state index contributed by atoms with van der Waals surface area (Å²) in [4.78, 5) is 14.0. The van der Waals surface area contributed by atoms with Crippen molar-refractivity contribution in [2.45, 2.75) is 0 Å². The van der Waals surface area contributed by atoms with E-state index in [1.54, 1.807) is 37.4 Å². The average molecular weight is 340 g/mol. The van der Waals surface area contributed by atoms with E-state index < -0.39 is 0 Å². The Balaban J connectivity index is 2.39. The first-order valence-corrected chi connectivity index (χ1v) is 6.75. The molecule has 0 aliphatic heterocycles. The monoisotopic (exact) mass is 338 g/mol. The standard InChI is InChI=1S/C14H12BrClN2O/c1-18(13-5-3-2-4-12(13)17)14(19)10-8-9(16)6-7-11(10)15/h2-8H,17H2,1H3. The van der Waals surface area contributed by atoms with Crippen LogP contribution < -0.4 is 10.6 Å². The summed E-state index contributed by atoms with van der Waals surface area (Å²) < 4.78 is 0.697. The number of rotatable bonds is 2. The lowest BCUT2D eigenvalue weighted by molar-refractivity contribution is 0.0992. The third kappa shape index (κ3) is 2.91. The Morgan fingerprint density at radius 2 is 1.95 bits per heavy atom. The number of carbonyl (C=O) groups is 1. The molecule has 1 amide bonds. The number of nitrogen functional groups attached to an aromatic ring is 1. The molecule has 0 aliphatic carbocycles.